The number of anilines is 2. The number of nitrogens with zero attached hydrogens (tertiary/aromatic N) is 3. The molecule has 1 saturated heterocycles. The van der Waals surface area contributed by atoms with E-state index in [-0.39, 0.29) is 11.3 Å². The summed E-state index contributed by atoms with van der Waals surface area (Å²) >= 11 is 0. The number of carbonyl (C=O) groups excluding carboxylic acids is 1. The van der Waals surface area contributed by atoms with Crippen molar-refractivity contribution in [2.24, 2.45) is 12.5 Å². The van der Waals surface area contributed by atoms with Crippen molar-refractivity contribution in [3.05, 3.63) is 5.69 Å². The molecule has 0 bridgehead atoms. The molecule has 1 aromatic heterocycles. The summed E-state index contributed by atoms with van der Waals surface area (Å²) in [4.78, 5) is 14.2. The van der Waals surface area contributed by atoms with Gasteiger partial charge in [0.25, 0.3) is 0 Å². The molecular formula is C14H25N5O. The fourth-order valence-electron chi connectivity index (χ4n) is 2.98. The SMILES string of the molecule is CNC(=O)C1(C)CCN(c2c(N)c(C(C)C)nn2C)C1. The topological polar surface area (TPSA) is 76.2 Å². The monoisotopic (exact) mass is 279 g/mol. The van der Waals surface area contributed by atoms with Gasteiger partial charge in [0.05, 0.1) is 16.8 Å². The van der Waals surface area contributed by atoms with Crippen LogP contribution < -0.4 is 16.0 Å². The summed E-state index contributed by atoms with van der Waals surface area (Å²) in [5, 5.41) is 7.27. The van der Waals surface area contributed by atoms with Crippen molar-refractivity contribution in [1.29, 1.82) is 0 Å². The van der Waals surface area contributed by atoms with Crippen LogP contribution in [0.2, 0.25) is 0 Å². The van der Waals surface area contributed by atoms with Gasteiger partial charge in [0.1, 0.15) is 5.82 Å². The highest BCUT2D eigenvalue weighted by atomic mass is 16.2. The van der Waals surface area contributed by atoms with Crippen molar-refractivity contribution >= 4 is 17.4 Å². The minimum absolute atomic E-state index is 0.0878. The molecule has 20 heavy (non-hydrogen) atoms. The molecule has 1 aliphatic rings. The van der Waals surface area contributed by atoms with Gasteiger partial charge in [-0.05, 0) is 19.3 Å². The van der Waals surface area contributed by atoms with E-state index in [1.54, 1.807) is 7.05 Å². The average Bonchev–Trinajstić information content (AvgIpc) is 2.90. The predicted molar refractivity (Wildman–Crippen MR) is 80.7 cm³/mol. The number of aryl methyl sites for hydroxylation is 1. The number of carbonyl (C=O) groups is 1. The van der Waals surface area contributed by atoms with Gasteiger partial charge in [-0.1, -0.05) is 13.8 Å². The van der Waals surface area contributed by atoms with E-state index in [0.717, 1.165) is 30.2 Å². The second-order valence-corrected chi connectivity index (χ2v) is 6.21. The molecule has 6 nitrogen and oxygen atoms in total. The van der Waals surface area contributed by atoms with Crippen LogP contribution in [0.15, 0.2) is 0 Å². The van der Waals surface area contributed by atoms with E-state index in [4.69, 9.17) is 5.73 Å². The van der Waals surface area contributed by atoms with Crippen molar-refractivity contribution in [2.75, 3.05) is 30.8 Å². The number of hydrogen-bond acceptors (Lipinski definition) is 4. The molecule has 0 aromatic carbocycles. The fraction of sp³-hybridized carbons (Fsp3) is 0.714. The Kier molecular flexibility index (Phi) is 3.67. The highest BCUT2D eigenvalue weighted by molar-refractivity contribution is 5.84. The van der Waals surface area contributed by atoms with E-state index in [0.29, 0.717) is 12.5 Å². The Bertz CT molecular complexity index is 522. The molecule has 1 aliphatic heterocycles. The molecule has 6 heteroatoms. The van der Waals surface area contributed by atoms with Crippen molar-refractivity contribution in [3.8, 4) is 0 Å². The molecule has 1 fully saturated rings. The van der Waals surface area contributed by atoms with Crippen LogP contribution >= 0.6 is 0 Å². The molecule has 0 saturated carbocycles. The molecule has 0 spiro atoms. The lowest BCUT2D eigenvalue weighted by molar-refractivity contribution is -0.128. The molecule has 0 aliphatic carbocycles. The first-order valence-electron chi connectivity index (χ1n) is 7.09. The standard InChI is InChI=1S/C14H25N5O/c1-9(2)11-10(15)12(18(5)17-11)19-7-6-14(3,8-19)13(20)16-4/h9H,6-8,15H2,1-5H3,(H,16,20). The lowest BCUT2D eigenvalue weighted by Crippen LogP contribution is -2.39. The molecular weight excluding hydrogens is 254 g/mol. The zero-order valence-electron chi connectivity index (χ0n) is 13.0. The van der Waals surface area contributed by atoms with Crippen LogP contribution in [0.5, 0.6) is 0 Å². The Hall–Kier alpha value is -1.72. The smallest absolute Gasteiger partial charge is 0.227 e. The molecule has 1 amide bonds. The van der Waals surface area contributed by atoms with Crippen molar-refractivity contribution < 1.29 is 4.79 Å². The third kappa shape index (κ3) is 2.23. The predicted octanol–water partition coefficient (Wildman–Crippen LogP) is 1.09. The molecule has 0 radical (unpaired) electrons. The first-order valence-corrected chi connectivity index (χ1v) is 7.09. The van der Waals surface area contributed by atoms with Gasteiger partial charge in [-0.2, -0.15) is 5.10 Å². The molecule has 1 atom stereocenters. The fourth-order valence-corrected chi connectivity index (χ4v) is 2.98. The number of rotatable bonds is 3. The zero-order chi connectivity index (χ0) is 15.1. The molecule has 2 heterocycles. The summed E-state index contributed by atoms with van der Waals surface area (Å²) in [5.74, 6) is 1.31. The van der Waals surface area contributed by atoms with Gasteiger partial charge in [-0.3, -0.25) is 9.48 Å². The normalized spacial score (nSPS) is 22.6. The zero-order valence-corrected chi connectivity index (χ0v) is 13.0. The second-order valence-electron chi connectivity index (χ2n) is 6.21. The Morgan fingerprint density at radius 2 is 2.15 bits per heavy atom. The summed E-state index contributed by atoms with van der Waals surface area (Å²) in [5.41, 5.74) is 7.57. The van der Waals surface area contributed by atoms with Gasteiger partial charge in [0.2, 0.25) is 5.91 Å². The van der Waals surface area contributed by atoms with Crippen LogP contribution in [0.4, 0.5) is 11.5 Å². The van der Waals surface area contributed by atoms with Crippen molar-refractivity contribution in [3.63, 3.8) is 0 Å². The summed E-state index contributed by atoms with van der Waals surface area (Å²) < 4.78 is 1.83. The van der Waals surface area contributed by atoms with Gasteiger partial charge >= 0.3 is 0 Å². The molecule has 1 unspecified atom stereocenters. The van der Waals surface area contributed by atoms with Gasteiger partial charge in [-0.25, -0.2) is 0 Å². The van der Waals surface area contributed by atoms with E-state index in [1.807, 2.05) is 18.7 Å². The first kappa shape index (κ1) is 14.7. The molecule has 2 rings (SSSR count). The van der Waals surface area contributed by atoms with Gasteiger partial charge in [0, 0.05) is 27.2 Å². The Labute approximate surface area is 120 Å². The van der Waals surface area contributed by atoms with Crippen LogP contribution in [0.25, 0.3) is 0 Å². The van der Waals surface area contributed by atoms with E-state index in [9.17, 15) is 4.79 Å². The van der Waals surface area contributed by atoms with Crippen LogP contribution in [-0.4, -0.2) is 35.8 Å². The van der Waals surface area contributed by atoms with E-state index < -0.39 is 0 Å². The largest absolute Gasteiger partial charge is 0.394 e. The minimum atomic E-state index is -0.358. The maximum Gasteiger partial charge on any atom is 0.227 e. The van der Waals surface area contributed by atoms with Gasteiger partial charge in [-0.15, -0.1) is 0 Å². The molecule has 1 aromatic rings. The highest BCUT2D eigenvalue weighted by Gasteiger charge is 2.41. The maximum atomic E-state index is 12.0. The third-order valence-corrected chi connectivity index (χ3v) is 4.18. The quantitative estimate of drug-likeness (QED) is 0.868. The summed E-state index contributed by atoms with van der Waals surface area (Å²) in [7, 11) is 3.60. The Morgan fingerprint density at radius 3 is 2.65 bits per heavy atom. The summed E-state index contributed by atoms with van der Waals surface area (Å²) in [6, 6.07) is 0. The van der Waals surface area contributed by atoms with E-state index >= 15 is 0 Å². The number of nitrogens with one attached hydrogen (secondary N) is 1. The van der Waals surface area contributed by atoms with Gasteiger partial charge < -0.3 is 16.0 Å². The lowest BCUT2D eigenvalue weighted by Gasteiger charge is -2.24. The summed E-state index contributed by atoms with van der Waals surface area (Å²) in [6.07, 6.45) is 0.828. The minimum Gasteiger partial charge on any atom is -0.394 e. The summed E-state index contributed by atoms with van der Waals surface area (Å²) in [6.45, 7) is 7.67. The van der Waals surface area contributed by atoms with Crippen molar-refractivity contribution in [2.45, 2.75) is 33.1 Å². The number of aromatic nitrogens is 2. The van der Waals surface area contributed by atoms with Crippen molar-refractivity contribution in [1.82, 2.24) is 15.1 Å². The average molecular weight is 279 g/mol. The third-order valence-electron chi connectivity index (χ3n) is 4.18. The van der Waals surface area contributed by atoms with Gasteiger partial charge in [0.15, 0.2) is 0 Å². The molecule has 3 N–H and O–H groups in total. The molecule has 112 valence electrons. The highest BCUT2D eigenvalue weighted by Crippen LogP contribution is 2.38. The number of hydrogen-bond donors (Lipinski definition) is 2. The van der Waals surface area contributed by atoms with Crippen LogP contribution in [0.1, 0.15) is 38.8 Å². The van der Waals surface area contributed by atoms with Crippen LogP contribution in [-0.2, 0) is 11.8 Å². The maximum absolute atomic E-state index is 12.0. The second kappa shape index (κ2) is 5.00. The lowest BCUT2D eigenvalue weighted by atomic mass is 9.89. The number of amides is 1. The Balaban J connectivity index is 2.29. The Morgan fingerprint density at radius 1 is 1.50 bits per heavy atom. The van der Waals surface area contributed by atoms with Crippen LogP contribution in [0, 0.1) is 5.41 Å². The first-order chi connectivity index (χ1) is 9.30. The van der Waals surface area contributed by atoms with Crippen LogP contribution in [0.3, 0.4) is 0 Å². The van der Waals surface area contributed by atoms with E-state index in [2.05, 4.69) is 29.2 Å². The number of nitrogens with two attached hydrogens (primary N) is 1. The number of nitrogen functional groups attached to an aromatic ring is 1. The van der Waals surface area contributed by atoms with E-state index in [1.165, 1.54) is 0 Å².